The Labute approximate surface area is 125 Å². The summed E-state index contributed by atoms with van der Waals surface area (Å²) in [6.45, 7) is 1.59. The number of carbonyl (C=O) groups is 2. The number of thiophene rings is 1. The van der Waals surface area contributed by atoms with Crippen LogP contribution in [0.25, 0.3) is 10.1 Å². The molecule has 1 heterocycles. The van der Waals surface area contributed by atoms with Crippen molar-refractivity contribution in [3.8, 4) is 0 Å². The third kappa shape index (κ3) is 2.82. The zero-order valence-electron chi connectivity index (χ0n) is 11.9. The molecule has 1 aromatic heterocycles. The van der Waals surface area contributed by atoms with E-state index in [9.17, 15) is 14.0 Å². The minimum atomic E-state index is -0.679. The molecule has 2 rings (SSSR count). The van der Waals surface area contributed by atoms with Gasteiger partial charge in [0.15, 0.2) is 0 Å². The molecule has 2 aromatic rings. The molecule has 7 heteroatoms. The van der Waals surface area contributed by atoms with E-state index in [1.807, 2.05) is 0 Å². The molecule has 0 aliphatic carbocycles. The van der Waals surface area contributed by atoms with Crippen LogP contribution in [0.1, 0.15) is 16.6 Å². The number of amides is 2. The van der Waals surface area contributed by atoms with Crippen molar-refractivity contribution in [1.82, 2.24) is 10.2 Å². The Balaban J connectivity index is 2.30. The van der Waals surface area contributed by atoms with E-state index in [-0.39, 0.29) is 21.9 Å². The van der Waals surface area contributed by atoms with Crippen molar-refractivity contribution in [2.45, 2.75) is 13.0 Å². The lowest BCUT2D eigenvalue weighted by molar-refractivity contribution is -0.130. The molecular formula is C14H16FN3O2S. The van der Waals surface area contributed by atoms with Crippen LogP contribution in [-0.4, -0.2) is 36.9 Å². The zero-order chi connectivity index (χ0) is 15.7. The maximum Gasteiger partial charge on any atom is 0.264 e. The van der Waals surface area contributed by atoms with Crippen LogP contribution in [0.3, 0.4) is 0 Å². The Morgan fingerprint density at radius 3 is 2.62 bits per heavy atom. The van der Waals surface area contributed by atoms with Gasteiger partial charge in [0, 0.05) is 18.8 Å². The molecule has 2 amide bonds. The van der Waals surface area contributed by atoms with Crippen molar-refractivity contribution in [2.75, 3.05) is 19.8 Å². The fourth-order valence-electron chi connectivity index (χ4n) is 2.01. The van der Waals surface area contributed by atoms with E-state index in [1.54, 1.807) is 33.2 Å². The maximum atomic E-state index is 13.8. The average molecular weight is 309 g/mol. The molecular weight excluding hydrogens is 293 g/mol. The molecule has 0 saturated carbocycles. The van der Waals surface area contributed by atoms with E-state index in [4.69, 9.17) is 5.73 Å². The van der Waals surface area contributed by atoms with Crippen molar-refractivity contribution in [3.63, 3.8) is 0 Å². The Morgan fingerprint density at radius 1 is 1.38 bits per heavy atom. The summed E-state index contributed by atoms with van der Waals surface area (Å²) in [6, 6.07) is 3.88. The number of rotatable bonds is 3. The SMILES string of the molecule is CC(NC(=O)c1sc2cccc(F)c2c1N)C(=O)N(C)C. The fourth-order valence-corrected chi connectivity index (χ4v) is 3.05. The number of anilines is 1. The minimum Gasteiger partial charge on any atom is -0.397 e. The molecule has 0 aliphatic heterocycles. The van der Waals surface area contributed by atoms with Crippen molar-refractivity contribution in [1.29, 1.82) is 0 Å². The molecule has 1 atom stereocenters. The highest BCUT2D eigenvalue weighted by molar-refractivity contribution is 7.21. The number of nitrogens with zero attached hydrogens (tertiary/aromatic N) is 1. The normalized spacial score (nSPS) is 12.2. The molecule has 1 unspecified atom stereocenters. The fraction of sp³-hybridized carbons (Fsp3) is 0.286. The van der Waals surface area contributed by atoms with Gasteiger partial charge in [-0.1, -0.05) is 6.07 Å². The number of hydrogen-bond acceptors (Lipinski definition) is 4. The molecule has 3 N–H and O–H groups in total. The second-order valence-electron chi connectivity index (χ2n) is 4.89. The van der Waals surface area contributed by atoms with Crippen LogP contribution in [0, 0.1) is 5.82 Å². The van der Waals surface area contributed by atoms with Crippen molar-refractivity contribution in [2.24, 2.45) is 0 Å². The molecule has 0 bridgehead atoms. The quantitative estimate of drug-likeness (QED) is 0.908. The summed E-state index contributed by atoms with van der Waals surface area (Å²) in [4.78, 5) is 25.6. The predicted octanol–water partition coefficient (Wildman–Crippen LogP) is 1.83. The van der Waals surface area contributed by atoms with E-state index < -0.39 is 17.8 Å². The van der Waals surface area contributed by atoms with Crippen molar-refractivity contribution in [3.05, 3.63) is 28.9 Å². The van der Waals surface area contributed by atoms with E-state index in [2.05, 4.69) is 5.32 Å². The van der Waals surface area contributed by atoms with E-state index in [0.29, 0.717) is 4.70 Å². The largest absolute Gasteiger partial charge is 0.397 e. The Hall–Kier alpha value is -2.15. The van der Waals surface area contributed by atoms with Gasteiger partial charge in [0.1, 0.15) is 16.7 Å². The Morgan fingerprint density at radius 2 is 2.05 bits per heavy atom. The number of hydrogen-bond donors (Lipinski definition) is 2. The summed E-state index contributed by atoms with van der Waals surface area (Å²) in [5.41, 5.74) is 5.97. The molecule has 0 spiro atoms. The third-order valence-corrected chi connectivity index (χ3v) is 4.24. The lowest BCUT2D eigenvalue weighted by Gasteiger charge is -2.17. The van der Waals surface area contributed by atoms with Gasteiger partial charge < -0.3 is 16.0 Å². The summed E-state index contributed by atoms with van der Waals surface area (Å²) in [5, 5.41) is 2.83. The van der Waals surface area contributed by atoms with Crippen LogP contribution < -0.4 is 11.1 Å². The number of carbonyl (C=O) groups excluding carboxylic acids is 2. The van der Waals surface area contributed by atoms with Crippen molar-refractivity contribution < 1.29 is 14.0 Å². The standard InChI is InChI=1S/C14H16FN3O2S/c1-7(14(20)18(2)3)17-13(19)12-11(16)10-8(15)5-4-6-9(10)21-12/h4-7H,16H2,1-3H3,(H,17,19). The highest BCUT2D eigenvalue weighted by atomic mass is 32.1. The first-order valence-corrected chi connectivity index (χ1v) is 7.13. The average Bonchev–Trinajstić information content (AvgIpc) is 2.76. The van der Waals surface area contributed by atoms with Gasteiger partial charge in [0.2, 0.25) is 5.91 Å². The van der Waals surface area contributed by atoms with Crippen LogP contribution in [0.15, 0.2) is 18.2 Å². The van der Waals surface area contributed by atoms with Gasteiger partial charge in [-0.05, 0) is 19.1 Å². The van der Waals surface area contributed by atoms with E-state index in [0.717, 1.165) is 11.3 Å². The number of nitrogen functional groups attached to an aromatic ring is 1. The van der Waals surface area contributed by atoms with Gasteiger partial charge in [0.05, 0.1) is 11.1 Å². The molecule has 1 aromatic carbocycles. The zero-order valence-corrected chi connectivity index (χ0v) is 12.8. The van der Waals surface area contributed by atoms with Gasteiger partial charge >= 0.3 is 0 Å². The molecule has 0 fully saturated rings. The number of fused-ring (bicyclic) bond motifs is 1. The first-order valence-electron chi connectivity index (χ1n) is 6.31. The second kappa shape index (κ2) is 5.69. The van der Waals surface area contributed by atoms with Gasteiger partial charge in [-0.2, -0.15) is 0 Å². The molecule has 0 radical (unpaired) electrons. The number of likely N-dealkylation sites (N-methyl/N-ethyl adjacent to an activating group) is 1. The van der Waals surface area contributed by atoms with Crippen LogP contribution in [0.5, 0.6) is 0 Å². The van der Waals surface area contributed by atoms with Crippen molar-refractivity contribution >= 4 is 38.9 Å². The Bertz CT molecular complexity index is 712. The second-order valence-corrected chi connectivity index (χ2v) is 5.94. The monoisotopic (exact) mass is 309 g/mol. The molecule has 0 saturated heterocycles. The summed E-state index contributed by atoms with van der Waals surface area (Å²) < 4.78 is 14.4. The number of benzene rings is 1. The van der Waals surface area contributed by atoms with E-state index >= 15 is 0 Å². The number of nitrogens with two attached hydrogens (primary N) is 1. The Kier molecular flexibility index (Phi) is 4.13. The lowest BCUT2D eigenvalue weighted by atomic mass is 10.2. The molecule has 5 nitrogen and oxygen atoms in total. The topological polar surface area (TPSA) is 75.4 Å². The maximum absolute atomic E-state index is 13.8. The predicted molar refractivity (Wildman–Crippen MR) is 81.8 cm³/mol. The highest BCUT2D eigenvalue weighted by Gasteiger charge is 2.22. The van der Waals surface area contributed by atoms with Gasteiger partial charge in [-0.25, -0.2) is 4.39 Å². The summed E-state index contributed by atoms with van der Waals surface area (Å²) in [7, 11) is 3.21. The van der Waals surface area contributed by atoms with Crippen LogP contribution in [0.4, 0.5) is 10.1 Å². The first-order chi connectivity index (χ1) is 9.82. The van der Waals surface area contributed by atoms with Crippen LogP contribution in [-0.2, 0) is 4.79 Å². The van der Waals surface area contributed by atoms with Gasteiger partial charge in [0.25, 0.3) is 5.91 Å². The summed E-state index contributed by atoms with van der Waals surface area (Å²) in [5.74, 6) is -1.16. The molecule has 112 valence electrons. The van der Waals surface area contributed by atoms with Gasteiger partial charge in [-0.15, -0.1) is 11.3 Å². The van der Waals surface area contributed by atoms with E-state index in [1.165, 1.54) is 11.0 Å². The smallest absolute Gasteiger partial charge is 0.264 e. The highest BCUT2D eigenvalue weighted by Crippen LogP contribution is 2.35. The van der Waals surface area contributed by atoms with Crippen LogP contribution in [0.2, 0.25) is 0 Å². The summed E-state index contributed by atoms with van der Waals surface area (Å²) >= 11 is 1.11. The lowest BCUT2D eigenvalue weighted by Crippen LogP contribution is -2.44. The number of halogens is 1. The van der Waals surface area contributed by atoms with Gasteiger partial charge in [-0.3, -0.25) is 9.59 Å². The summed E-state index contributed by atoms with van der Waals surface area (Å²) in [6.07, 6.45) is 0. The molecule has 21 heavy (non-hydrogen) atoms. The molecule has 0 aliphatic rings. The number of nitrogens with one attached hydrogen (secondary N) is 1. The van der Waals surface area contributed by atoms with Crippen LogP contribution >= 0.6 is 11.3 Å². The first kappa shape index (κ1) is 15.2. The minimum absolute atomic E-state index is 0.107. The third-order valence-electron chi connectivity index (χ3n) is 3.07.